The molecule has 1 aliphatic heterocycles. The smallest absolute Gasteiger partial charge is 0.335 e. The number of ether oxygens (including phenoxy) is 1. The molecular weight excluding hydrogens is 394 g/mol. The van der Waals surface area contributed by atoms with Crippen molar-refractivity contribution in [3.8, 4) is 11.8 Å². The minimum atomic E-state index is -0.789. The van der Waals surface area contributed by atoms with E-state index in [1.54, 1.807) is 36.4 Å². The van der Waals surface area contributed by atoms with E-state index in [0.29, 0.717) is 23.4 Å². The van der Waals surface area contributed by atoms with Crippen molar-refractivity contribution in [2.75, 3.05) is 11.5 Å². The Morgan fingerprint density at radius 2 is 1.90 bits per heavy atom. The molecule has 0 spiro atoms. The number of imide groups is 2. The van der Waals surface area contributed by atoms with Gasteiger partial charge in [0.2, 0.25) is 0 Å². The second-order valence-electron chi connectivity index (χ2n) is 7.03. The normalized spacial score (nSPS) is 14.9. The van der Waals surface area contributed by atoms with Crippen LogP contribution in [0.1, 0.15) is 22.3 Å². The molecule has 0 bridgehead atoms. The first-order chi connectivity index (χ1) is 14.8. The van der Waals surface area contributed by atoms with Crippen LogP contribution in [0, 0.1) is 25.2 Å². The van der Waals surface area contributed by atoms with E-state index in [2.05, 4.69) is 11.9 Å². The molecule has 0 atom stereocenters. The molecule has 1 saturated heterocycles. The lowest BCUT2D eigenvalue weighted by atomic mass is 10.0. The maximum Gasteiger partial charge on any atom is 0.335 e. The van der Waals surface area contributed by atoms with Gasteiger partial charge < -0.3 is 4.74 Å². The number of nitrogens with zero attached hydrogens (tertiary/aromatic N) is 2. The lowest BCUT2D eigenvalue weighted by molar-refractivity contribution is -0.122. The third-order valence-corrected chi connectivity index (χ3v) is 4.90. The maximum absolute atomic E-state index is 13.1. The standard InChI is InChI=1S/C24H21N3O4/c1-4-5-18-13-17(7-9-21(18)31-11-10-25)14-20-22(28)26-24(30)27(23(20)29)19-8-6-15(2)16(3)12-19/h4,6-9,12-14H,1,5,11H2,2-3H3,(H,26,28,30)/b20-14+. The summed E-state index contributed by atoms with van der Waals surface area (Å²) in [4.78, 5) is 38.8. The molecule has 3 rings (SSSR count). The van der Waals surface area contributed by atoms with Crippen molar-refractivity contribution in [1.29, 1.82) is 5.26 Å². The second kappa shape index (κ2) is 9.09. The highest BCUT2D eigenvalue weighted by molar-refractivity contribution is 6.39. The van der Waals surface area contributed by atoms with E-state index in [1.165, 1.54) is 6.08 Å². The van der Waals surface area contributed by atoms with E-state index in [0.717, 1.165) is 21.6 Å². The fourth-order valence-corrected chi connectivity index (χ4v) is 3.18. The fourth-order valence-electron chi connectivity index (χ4n) is 3.18. The number of nitrogens with one attached hydrogen (secondary N) is 1. The first kappa shape index (κ1) is 21.5. The molecule has 31 heavy (non-hydrogen) atoms. The lowest BCUT2D eigenvalue weighted by Gasteiger charge is -2.27. The van der Waals surface area contributed by atoms with Crippen molar-refractivity contribution in [3.05, 3.63) is 76.9 Å². The molecule has 1 fully saturated rings. The predicted octanol–water partition coefficient (Wildman–Crippen LogP) is 3.60. The number of anilines is 1. The third kappa shape index (κ3) is 4.54. The summed E-state index contributed by atoms with van der Waals surface area (Å²) < 4.78 is 5.41. The van der Waals surface area contributed by atoms with E-state index < -0.39 is 17.8 Å². The van der Waals surface area contributed by atoms with Crippen LogP contribution in [0.4, 0.5) is 10.5 Å². The molecule has 2 aromatic carbocycles. The highest BCUT2D eigenvalue weighted by Gasteiger charge is 2.36. The molecule has 0 aromatic heterocycles. The van der Waals surface area contributed by atoms with Gasteiger partial charge in [0, 0.05) is 0 Å². The minimum Gasteiger partial charge on any atom is -0.478 e. The number of rotatable bonds is 6. The quantitative estimate of drug-likeness (QED) is 0.441. The number of hydrogen-bond acceptors (Lipinski definition) is 5. The summed E-state index contributed by atoms with van der Waals surface area (Å²) in [5, 5.41) is 11.0. The number of nitriles is 1. The molecule has 0 unspecified atom stereocenters. The number of hydrogen-bond donors (Lipinski definition) is 1. The van der Waals surface area contributed by atoms with E-state index in [9.17, 15) is 14.4 Å². The van der Waals surface area contributed by atoms with Crippen molar-refractivity contribution < 1.29 is 19.1 Å². The molecule has 7 heteroatoms. The second-order valence-corrected chi connectivity index (χ2v) is 7.03. The Morgan fingerprint density at radius 3 is 2.58 bits per heavy atom. The Kier molecular flexibility index (Phi) is 6.32. The van der Waals surface area contributed by atoms with Crippen LogP contribution in [-0.4, -0.2) is 24.5 Å². The Bertz CT molecular complexity index is 1160. The number of aryl methyl sites for hydroxylation is 2. The number of benzene rings is 2. The first-order valence-electron chi connectivity index (χ1n) is 9.58. The van der Waals surface area contributed by atoms with Crippen molar-refractivity contribution in [2.45, 2.75) is 20.3 Å². The van der Waals surface area contributed by atoms with E-state index in [1.807, 2.05) is 26.0 Å². The van der Waals surface area contributed by atoms with Crippen LogP contribution in [0.2, 0.25) is 0 Å². The molecule has 1 aliphatic rings. The maximum atomic E-state index is 13.1. The van der Waals surface area contributed by atoms with Crippen molar-refractivity contribution >= 4 is 29.6 Å². The third-order valence-electron chi connectivity index (χ3n) is 4.90. The number of carbonyl (C=O) groups excluding carboxylic acids is 3. The topological polar surface area (TPSA) is 99.5 Å². The van der Waals surface area contributed by atoms with Crippen LogP contribution >= 0.6 is 0 Å². The van der Waals surface area contributed by atoms with E-state index in [-0.39, 0.29) is 12.2 Å². The Hall–Kier alpha value is -4.18. The zero-order valence-electron chi connectivity index (χ0n) is 17.3. The number of urea groups is 1. The van der Waals surface area contributed by atoms with Crippen molar-refractivity contribution in [2.24, 2.45) is 0 Å². The van der Waals surface area contributed by atoms with Crippen LogP contribution in [0.15, 0.2) is 54.6 Å². The summed E-state index contributed by atoms with van der Waals surface area (Å²) in [6, 6.07) is 11.4. The Morgan fingerprint density at radius 1 is 1.13 bits per heavy atom. The number of amides is 4. The summed E-state index contributed by atoms with van der Waals surface area (Å²) in [6.45, 7) is 7.42. The van der Waals surface area contributed by atoms with Gasteiger partial charge >= 0.3 is 6.03 Å². The van der Waals surface area contributed by atoms with Crippen LogP contribution < -0.4 is 15.0 Å². The molecule has 1 N–H and O–H groups in total. The molecule has 0 saturated carbocycles. The highest BCUT2D eigenvalue weighted by Crippen LogP contribution is 2.26. The van der Waals surface area contributed by atoms with Gasteiger partial charge in [-0.15, -0.1) is 6.58 Å². The molecule has 0 aliphatic carbocycles. The summed E-state index contributed by atoms with van der Waals surface area (Å²) >= 11 is 0. The first-order valence-corrected chi connectivity index (χ1v) is 9.58. The van der Waals surface area contributed by atoms with Gasteiger partial charge in [-0.25, -0.2) is 9.69 Å². The molecular formula is C24H21N3O4. The van der Waals surface area contributed by atoms with Crippen molar-refractivity contribution in [1.82, 2.24) is 5.32 Å². The molecule has 2 aromatic rings. The predicted molar refractivity (Wildman–Crippen MR) is 116 cm³/mol. The lowest BCUT2D eigenvalue weighted by Crippen LogP contribution is -2.54. The average molecular weight is 415 g/mol. The van der Waals surface area contributed by atoms with Crippen LogP contribution in [0.25, 0.3) is 6.08 Å². The average Bonchev–Trinajstić information content (AvgIpc) is 2.73. The largest absolute Gasteiger partial charge is 0.478 e. The van der Waals surface area contributed by atoms with Gasteiger partial charge in [0.25, 0.3) is 11.8 Å². The van der Waals surface area contributed by atoms with Crippen molar-refractivity contribution in [3.63, 3.8) is 0 Å². The number of allylic oxidation sites excluding steroid dienone is 1. The molecule has 0 radical (unpaired) electrons. The minimum absolute atomic E-state index is 0.0987. The summed E-state index contributed by atoms with van der Waals surface area (Å²) in [6.07, 6.45) is 3.59. The number of carbonyl (C=O) groups is 3. The Labute approximate surface area is 180 Å². The highest BCUT2D eigenvalue weighted by atomic mass is 16.5. The monoisotopic (exact) mass is 415 g/mol. The molecule has 1 heterocycles. The van der Waals surface area contributed by atoms with Gasteiger partial charge in [0.15, 0.2) is 6.61 Å². The zero-order chi connectivity index (χ0) is 22.5. The molecule has 156 valence electrons. The summed E-state index contributed by atoms with van der Waals surface area (Å²) in [7, 11) is 0. The van der Waals surface area contributed by atoms with Gasteiger partial charge in [-0.2, -0.15) is 5.26 Å². The van der Waals surface area contributed by atoms with Gasteiger partial charge in [0.1, 0.15) is 17.4 Å². The van der Waals surface area contributed by atoms with Gasteiger partial charge in [0.05, 0.1) is 5.69 Å². The fraction of sp³-hybridized carbons (Fsp3) is 0.167. The molecule has 7 nitrogen and oxygen atoms in total. The summed E-state index contributed by atoms with van der Waals surface area (Å²) in [5.74, 6) is -0.938. The van der Waals surface area contributed by atoms with E-state index in [4.69, 9.17) is 10.00 Å². The van der Waals surface area contributed by atoms with Crippen LogP contribution in [0.3, 0.4) is 0 Å². The zero-order valence-corrected chi connectivity index (χ0v) is 17.3. The van der Waals surface area contributed by atoms with Crippen LogP contribution in [-0.2, 0) is 16.0 Å². The van der Waals surface area contributed by atoms with Crippen LogP contribution in [0.5, 0.6) is 5.75 Å². The van der Waals surface area contributed by atoms with Gasteiger partial charge in [-0.3, -0.25) is 14.9 Å². The van der Waals surface area contributed by atoms with E-state index >= 15 is 0 Å². The summed E-state index contributed by atoms with van der Waals surface area (Å²) in [5.41, 5.74) is 3.50. The van der Waals surface area contributed by atoms with Gasteiger partial charge in [-0.05, 0) is 72.9 Å². The molecule has 4 amide bonds. The number of barbiturate groups is 1. The SMILES string of the molecule is C=CCc1cc(/C=C2\C(=O)NC(=O)N(c3ccc(C)c(C)c3)C2=O)ccc1OCC#N. The van der Waals surface area contributed by atoms with Gasteiger partial charge in [-0.1, -0.05) is 18.2 Å². The Balaban J connectivity index is 1.99.